The van der Waals surface area contributed by atoms with E-state index in [2.05, 4.69) is 210 Å². The Hall–Kier alpha value is -8.34. The van der Waals surface area contributed by atoms with Gasteiger partial charge in [0.25, 0.3) is 0 Å². The zero-order valence-electron chi connectivity index (χ0n) is 33.5. The minimum absolute atomic E-state index is 0.858. The number of rotatable bonds is 6. The van der Waals surface area contributed by atoms with Crippen LogP contribution in [0.15, 0.2) is 227 Å². The van der Waals surface area contributed by atoms with Crippen LogP contribution in [0.2, 0.25) is 0 Å². The number of fused-ring (bicyclic) bond motifs is 10. The molecule has 0 unspecified atom stereocenters. The molecule has 10 aromatic carbocycles. The first kappa shape index (κ1) is 34.5. The minimum atomic E-state index is 0.858. The van der Waals surface area contributed by atoms with Gasteiger partial charge in [-0.3, -0.25) is 0 Å². The molecule has 0 radical (unpaired) electrons. The molecule has 0 spiro atoms. The van der Waals surface area contributed by atoms with Crippen LogP contribution in [0.4, 0.5) is 17.1 Å². The largest absolute Gasteiger partial charge is 0.455 e. The molecule has 4 nitrogen and oxygen atoms in total. The highest BCUT2D eigenvalue weighted by atomic mass is 16.3. The SMILES string of the molecule is c1ccc(N(c2ccc3ccccc3c2)c2cc(-c3ccc(-n4c5ccccc5c5ccccc54)cc3)c3oc4ccccc4c3c2)c(-c2cccc3c2oc2ccccc23)c1. The third-order valence-corrected chi connectivity index (χ3v) is 12.6. The molecule has 0 N–H and O–H groups in total. The average molecular weight is 793 g/mol. The molecule has 3 aromatic heterocycles. The number of nitrogens with zero attached hydrogens (tertiary/aromatic N) is 2. The summed E-state index contributed by atoms with van der Waals surface area (Å²) in [5.74, 6) is 0. The van der Waals surface area contributed by atoms with Crippen molar-refractivity contribution in [3.8, 4) is 27.9 Å². The Bertz CT molecular complexity index is 3830. The fourth-order valence-electron chi connectivity index (χ4n) is 9.74. The number of anilines is 3. The van der Waals surface area contributed by atoms with Gasteiger partial charge < -0.3 is 18.3 Å². The second kappa shape index (κ2) is 13.6. The van der Waals surface area contributed by atoms with Gasteiger partial charge in [-0.25, -0.2) is 0 Å². The van der Waals surface area contributed by atoms with Crippen LogP contribution >= 0.6 is 0 Å². The van der Waals surface area contributed by atoms with E-state index in [-0.39, 0.29) is 0 Å². The first-order valence-electron chi connectivity index (χ1n) is 21.1. The van der Waals surface area contributed by atoms with E-state index in [9.17, 15) is 0 Å². The van der Waals surface area contributed by atoms with Crippen molar-refractivity contribution >= 4 is 93.5 Å². The Morgan fingerprint density at radius 1 is 0.339 bits per heavy atom. The van der Waals surface area contributed by atoms with Crippen molar-refractivity contribution in [2.45, 2.75) is 0 Å². The van der Waals surface area contributed by atoms with Crippen molar-refractivity contribution in [1.82, 2.24) is 4.57 Å². The van der Waals surface area contributed by atoms with Crippen LogP contribution in [0.3, 0.4) is 0 Å². The van der Waals surface area contributed by atoms with Crippen LogP contribution in [-0.4, -0.2) is 4.57 Å². The Balaban J connectivity index is 1.05. The molecular formula is C58H36N2O2. The molecule has 0 aliphatic rings. The second-order valence-corrected chi connectivity index (χ2v) is 16.0. The number of hydrogen-bond acceptors (Lipinski definition) is 3. The van der Waals surface area contributed by atoms with Crippen LogP contribution < -0.4 is 4.90 Å². The van der Waals surface area contributed by atoms with Crippen molar-refractivity contribution < 1.29 is 8.83 Å². The summed E-state index contributed by atoms with van der Waals surface area (Å²) in [5, 5.41) is 9.19. The third-order valence-electron chi connectivity index (χ3n) is 12.6. The van der Waals surface area contributed by atoms with Gasteiger partial charge in [-0.15, -0.1) is 0 Å². The van der Waals surface area contributed by atoms with Crippen LogP contribution in [0, 0.1) is 0 Å². The van der Waals surface area contributed by atoms with Gasteiger partial charge in [0, 0.05) is 66.1 Å². The Labute approximate surface area is 356 Å². The summed E-state index contributed by atoms with van der Waals surface area (Å²) in [7, 11) is 0. The molecule has 13 rings (SSSR count). The lowest BCUT2D eigenvalue weighted by atomic mass is 9.97. The highest BCUT2D eigenvalue weighted by molar-refractivity contribution is 6.14. The molecule has 62 heavy (non-hydrogen) atoms. The van der Waals surface area contributed by atoms with E-state index >= 15 is 0 Å². The quantitative estimate of drug-likeness (QED) is 0.168. The van der Waals surface area contributed by atoms with Gasteiger partial charge in [0.1, 0.15) is 22.3 Å². The molecule has 0 atom stereocenters. The highest BCUT2D eigenvalue weighted by Gasteiger charge is 2.24. The minimum Gasteiger partial charge on any atom is -0.455 e. The number of aromatic nitrogens is 1. The zero-order chi connectivity index (χ0) is 40.7. The van der Waals surface area contributed by atoms with Crippen LogP contribution in [0.1, 0.15) is 0 Å². The summed E-state index contributed by atoms with van der Waals surface area (Å²) in [4.78, 5) is 2.40. The monoisotopic (exact) mass is 792 g/mol. The van der Waals surface area contributed by atoms with E-state index in [1.54, 1.807) is 0 Å². The third kappa shape index (κ3) is 5.27. The normalized spacial score (nSPS) is 11.9. The molecule has 4 heteroatoms. The average Bonchev–Trinajstić information content (AvgIpc) is 4.02. The summed E-state index contributed by atoms with van der Waals surface area (Å²) < 4.78 is 15.8. The van der Waals surface area contributed by atoms with Gasteiger partial charge in [-0.2, -0.15) is 0 Å². The van der Waals surface area contributed by atoms with Crippen molar-refractivity contribution in [2.24, 2.45) is 0 Å². The van der Waals surface area contributed by atoms with Crippen molar-refractivity contribution in [3.05, 3.63) is 218 Å². The predicted octanol–water partition coefficient (Wildman–Crippen LogP) is 16.5. The topological polar surface area (TPSA) is 34.5 Å². The van der Waals surface area contributed by atoms with Gasteiger partial charge in [-0.1, -0.05) is 152 Å². The van der Waals surface area contributed by atoms with Crippen molar-refractivity contribution in [2.75, 3.05) is 4.90 Å². The van der Waals surface area contributed by atoms with E-state index in [0.717, 1.165) is 88.9 Å². The maximum absolute atomic E-state index is 6.79. The summed E-state index contributed by atoms with van der Waals surface area (Å²) in [6.07, 6.45) is 0. The summed E-state index contributed by atoms with van der Waals surface area (Å²) >= 11 is 0. The molecule has 0 saturated heterocycles. The Morgan fingerprint density at radius 3 is 1.65 bits per heavy atom. The maximum Gasteiger partial charge on any atom is 0.143 e. The maximum atomic E-state index is 6.79. The zero-order valence-corrected chi connectivity index (χ0v) is 33.5. The summed E-state index contributed by atoms with van der Waals surface area (Å²) in [5.41, 5.74) is 14.3. The molecule has 3 heterocycles. The first-order valence-corrected chi connectivity index (χ1v) is 21.1. The smallest absolute Gasteiger partial charge is 0.143 e. The number of furan rings is 2. The van der Waals surface area contributed by atoms with Gasteiger partial charge in [-0.05, 0) is 83.1 Å². The van der Waals surface area contributed by atoms with Gasteiger partial charge in [0.2, 0.25) is 0 Å². The van der Waals surface area contributed by atoms with Crippen LogP contribution in [0.25, 0.3) is 104 Å². The summed E-state index contributed by atoms with van der Waals surface area (Å²) in [6, 6.07) is 78.0. The molecule has 0 aliphatic heterocycles. The number of benzene rings is 10. The fourth-order valence-corrected chi connectivity index (χ4v) is 9.74. The van der Waals surface area contributed by atoms with Crippen molar-refractivity contribution in [1.29, 1.82) is 0 Å². The highest BCUT2D eigenvalue weighted by Crippen LogP contribution is 2.48. The molecule has 0 fully saturated rings. The lowest BCUT2D eigenvalue weighted by molar-refractivity contribution is 0.669. The van der Waals surface area contributed by atoms with E-state index in [1.165, 1.54) is 32.6 Å². The van der Waals surface area contributed by atoms with E-state index in [1.807, 2.05) is 18.2 Å². The molecule has 290 valence electrons. The molecular weight excluding hydrogens is 757 g/mol. The van der Waals surface area contributed by atoms with Gasteiger partial charge >= 0.3 is 0 Å². The van der Waals surface area contributed by atoms with Gasteiger partial charge in [0.05, 0.1) is 16.7 Å². The molecule has 0 aliphatic carbocycles. The number of hydrogen-bond donors (Lipinski definition) is 0. The molecule has 0 saturated carbocycles. The predicted molar refractivity (Wildman–Crippen MR) is 258 cm³/mol. The van der Waals surface area contributed by atoms with Crippen molar-refractivity contribution in [3.63, 3.8) is 0 Å². The van der Waals surface area contributed by atoms with Crippen LogP contribution in [0.5, 0.6) is 0 Å². The molecule has 0 bridgehead atoms. The van der Waals surface area contributed by atoms with E-state index < -0.39 is 0 Å². The Kier molecular flexibility index (Phi) is 7.57. The lowest BCUT2D eigenvalue weighted by Gasteiger charge is -2.29. The lowest BCUT2D eigenvalue weighted by Crippen LogP contribution is -2.11. The first-order chi connectivity index (χ1) is 30.7. The molecule has 0 amide bonds. The Morgan fingerprint density at radius 2 is 0.903 bits per heavy atom. The fraction of sp³-hybridized carbons (Fsp3) is 0. The molecule has 13 aromatic rings. The number of para-hydroxylation sites is 6. The van der Waals surface area contributed by atoms with Crippen LogP contribution in [-0.2, 0) is 0 Å². The summed E-state index contributed by atoms with van der Waals surface area (Å²) in [6.45, 7) is 0. The van der Waals surface area contributed by atoms with Gasteiger partial charge in [0.15, 0.2) is 0 Å². The van der Waals surface area contributed by atoms with E-state index in [0.29, 0.717) is 0 Å². The standard InChI is InChI=1S/C58H36N2O2/c1-2-15-39-34-41(33-28-37(39)14-1)59(52-23-8-5-18-45(52)48-21-13-22-49-46-19-6-11-26-55(46)61-57(48)49)42-35-50(58-51(36-42)47-20-7-12-27-56(47)62-58)38-29-31-40(32-30-38)60-53-24-9-3-16-43(53)44-17-4-10-25-54(44)60/h1-36H. The second-order valence-electron chi connectivity index (χ2n) is 16.0. The van der Waals surface area contributed by atoms with E-state index in [4.69, 9.17) is 8.83 Å².